The third-order valence-electron chi connectivity index (χ3n) is 1.72. The third-order valence-corrected chi connectivity index (χ3v) is 3.79. The van der Waals surface area contributed by atoms with Crippen molar-refractivity contribution < 1.29 is 0 Å². The summed E-state index contributed by atoms with van der Waals surface area (Å²) >= 11 is 6.87. The van der Waals surface area contributed by atoms with E-state index < -0.39 is 0 Å². The van der Waals surface area contributed by atoms with Gasteiger partial charge in [-0.15, -0.1) is 0 Å². The summed E-state index contributed by atoms with van der Waals surface area (Å²) in [6.07, 6.45) is 8.12. The van der Waals surface area contributed by atoms with Gasteiger partial charge in [-0.1, -0.05) is 70.9 Å². The van der Waals surface area contributed by atoms with E-state index in [0.29, 0.717) is 4.83 Å². The zero-order valence-electron chi connectivity index (χ0n) is 7.15. The van der Waals surface area contributed by atoms with Crippen molar-refractivity contribution in [3.8, 4) is 0 Å². The lowest BCUT2D eigenvalue weighted by Gasteiger charge is -2.03. The molecule has 0 bridgehead atoms. The van der Waals surface area contributed by atoms with Crippen LogP contribution in [0.3, 0.4) is 0 Å². The van der Waals surface area contributed by atoms with Crippen LogP contribution in [0.15, 0.2) is 0 Å². The second-order valence-electron chi connectivity index (χ2n) is 2.84. The van der Waals surface area contributed by atoms with E-state index in [-0.39, 0.29) is 0 Å². The van der Waals surface area contributed by atoms with Crippen LogP contribution < -0.4 is 0 Å². The van der Waals surface area contributed by atoms with Crippen LogP contribution in [0.1, 0.15) is 45.4 Å². The van der Waals surface area contributed by atoms with Crippen molar-refractivity contribution in [1.29, 1.82) is 0 Å². The maximum Gasteiger partial charge on any atom is 0.0407 e. The smallest absolute Gasteiger partial charge is 0.0407 e. The number of hydrogen-bond acceptors (Lipinski definition) is 0. The molecule has 0 saturated carbocycles. The molecular weight excluding hydrogens is 268 g/mol. The molecule has 0 spiro atoms. The molecule has 0 aliphatic rings. The van der Waals surface area contributed by atoms with Crippen LogP contribution in [-0.4, -0.2) is 4.83 Å². The molecule has 11 heavy (non-hydrogen) atoms. The van der Waals surface area contributed by atoms with Crippen molar-refractivity contribution >= 4 is 31.9 Å². The van der Waals surface area contributed by atoms with E-state index in [2.05, 4.69) is 38.8 Å². The summed E-state index contributed by atoms with van der Waals surface area (Å²) in [5.41, 5.74) is 0. The zero-order chi connectivity index (χ0) is 8.53. The average Bonchev–Trinajstić information content (AvgIpc) is 2.04. The first-order valence-electron chi connectivity index (χ1n) is 4.39. The van der Waals surface area contributed by atoms with Gasteiger partial charge in [-0.2, -0.15) is 0 Å². The van der Waals surface area contributed by atoms with E-state index in [1.807, 2.05) is 5.33 Å². The van der Waals surface area contributed by atoms with Gasteiger partial charge in [-0.3, -0.25) is 0 Å². The van der Waals surface area contributed by atoms with Crippen LogP contribution in [-0.2, 0) is 0 Å². The quantitative estimate of drug-likeness (QED) is 0.471. The number of halogens is 2. The lowest BCUT2D eigenvalue weighted by atomic mass is 10.1. The molecule has 0 aromatic heterocycles. The summed E-state index contributed by atoms with van der Waals surface area (Å²) in [6, 6.07) is 0. The van der Waals surface area contributed by atoms with E-state index in [1.165, 1.54) is 38.5 Å². The van der Waals surface area contributed by atoms with E-state index in [0.717, 1.165) is 0 Å². The Kier molecular flexibility index (Phi) is 9.84. The Balaban J connectivity index is 2.89. The summed E-state index contributed by atoms with van der Waals surface area (Å²) < 4.78 is 0. The highest BCUT2D eigenvalue weighted by Crippen LogP contribution is 2.17. The molecule has 0 aliphatic heterocycles. The minimum atomic E-state index is 0.559. The standard InChI is InChI=1S/C9H17Br2/c1-2-3-4-5-6-7-9(11)8-10/h8-9H,2-7H2,1H3. The largest absolute Gasteiger partial charge is 0.0878 e. The molecule has 0 aromatic carbocycles. The van der Waals surface area contributed by atoms with E-state index in [9.17, 15) is 0 Å². The van der Waals surface area contributed by atoms with Crippen LogP contribution in [0, 0.1) is 5.33 Å². The predicted molar refractivity (Wildman–Crippen MR) is 59.3 cm³/mol. The van der Waals surface area contributed by atoms with Gasteiger partial charge < -0.3 is 0 Å². The first kappa shape index (κ1) is 12.0. The highest BCUT2D eigenvalue weighted by molar-refractivity contribution is 9.13. The van der Waals surface area contributed by atoms with E-state index >= 15 is 0 Å². The van der Waals surface area contributed by atoms with Gasteiger partial charge >= 0.3 is 0 Å². The summed E-state index contributed by atoms with van der Waals surface area (Å²) in [5, 5.41) is 2.03. The van der Waals surface area contributed by atoms with Crippen LogP contribution in [0.2, 0.25) is 0 Å². The van der Waals surface area contributed by atoms with Crippen molar-refractivity contribution in [2.75, 3.05) is 0 Å². The molecule has 2 heteroatoms. The Bertz CT molecular complexity index is 74.0. The topological polar surface area (TPSA) is 0 Å². The summed E-state index contributed by atoms with van der Waals surface area (Å²) in [6.45, 7) is 2.25. The molecule has 0 rings (SSSR count). The van der Waals surface area contributed by atoms with Crippen LogP contribution in [0.5, 0.6) is 0 Å². The Morgan fingerprint density at radius 1 is 1.18 bits per heavy atom. The highest BCUT2D eigenvalue weighted by Gasteiger charge is 2.00. The molecule has 0 aliphatic carbocycles. The molecule has 0 fully saturated rings. The second kappa shape index (κ2) is 9.05. The Labute approximate surface area is 87.4 Å². The van der Waals surface area contributed by atoms with Gasteiger partial charge in [0, 0.05) is 10.2 Å². The van der Waals surface area contributed by atoms with Gasteiger partial charge in [-0.05, 0) is 6.42 Å². The number of hydrogen-bond donors (Lipinski definition) is 0. The Morgan fingerprint density at radius 2 is 1.82 bits per heavy atom. The van der Waals surface area contributed by atoms with Gasteiger partial charge in [-0.25, -0.2) is 0 Å². The number of rotatable bonds is 7. The molecular formula is C9H17Br2. The zero-order valence-corrected chi connectivity index (χ0v) is 10.3. The maximum atomic E-state index is 3.54. The molecule has 0 nitrogen and oxygen atoms in total. The molecule has 0 heterocycles. The fourth-order valence-corrected chi connectivity index (χ4v) is 1.59. The predicted octanol–water partition coefficient (Wildman–Crippen LogP) is 4.67. The number of alkyl halides is 1. The Hall–Kier alpha value is 0.960. The van der Waals surface area contributed by atoms with Gasteiger partial charge in [0.1, 0.15) is 0 Å². The molecule has 67 valence electrons. The van der Waals surface area contributed by atoms with Crippen LogP contribution >= 0.6 is 31.9 Å². The Morgan fingerprint density at radius 3 is 2.36 bits per heavy atom. The van der Waals surface area contributed by atoms with Crippen molar-refractivity contribution in [1.82, 2.24) is 0 Å². The van der Waals surface area contributed by atoms with Crippen LogP contribution in [0.25, 0.3) is 0 Å². The molecule has 0 N–H and O–H groups in total. The second-order valence-corrected chi connectivity index (χ2v) is 4.55. The number of unbranched alkanes of at least 4 members (excludes halogenated alkanes) is 4. The lowest BCUT2D eigenvalue weighted by molar-refractivity contribution is 0.615. The lowest BCUT2D eigenvalue weighted by Crippen LogP contribution is -1.93. The first-order chi connectivity index (χ1) is 5.31. The molecule has 0 aromatic rings. The molecule has 1 atom stereocenters. The van der Waals surface area contributed by atoms with Crippen molar-refractivity contribution in [2.24, 2.45) is 0 Å². The fraction of sp³-hybridized carbons (Fsp3) is 0.889. The average molecular weight is 285 g/mol. The first-order valence-corrected chi connectivity index (χ1v) is 6.22. The minimum Gasteiger partial charge on any atom is -0.0878 e. The van der Waals surface area contributed by atoms with Crippen molar-refractivity contribution in [3.05, 3.63) is 5.33 Å². The van der Waals surface area contributed by atoms with Crippen molar-refractivity contribution in [2.45, 2.75) is 50.3 Å². The molecule has 0 amide bonds. The normalized spacial score (nSPS) is 13.4. The summed E-state index contributed by atoms with van der Waals surface area (Å²) in [7, 11) is 0. The van der Waals surface area contributed by atoms with E-state index in [4.69, 9.17) is 0 Å². The van der Waals surface area contributed by atoms with Gasteiger partial charge in [0.2, 0.25) is 0 Å². The highest BCUT2D eigenvalue weighted by atomic mass is 79.9. The van der Waals surface area contributed by atoms with Crippen LogP contribution in [0.4, 0.5) is 0 Å². The fourth-order valence-electron chi connectivity index (χ4n) is 1.01. The van der Waals surface area contributed by atoms with E-state index in [1.54, 1.807) is 0 Å². The molecule has 0 saturated heterocycles. The SMILES string of the molecule is CCCCCCCC(Br)[CH]Br. The molecule has 1 radical (unpaired) electrons. The van der Waals surface area contributed by atoms with Gasteiger partial charge in [0.25, 0.3) is 0 Å². The third kappa shape index (κ3) is 8.87. The molecule has 1 unspecified atom stereocenters. The summed E-state index contributed by atoms with van der Waals surface area (Å²) in [4.78, 5) is 0.559. The monoisotopic (exact) mass is 283 g/mol. The summed E-state index contributed by atoms with van der Waals surface area (Å²) in [5.74, 6) is 0. The van der Waals surface area contributed by atoms with Crippen molar-refractivity contribution in [3.63, 3.8) is 0 Å². The minimum absolute atomic E-state index is 0.559. The van der Waals surface area contributed by atoms with Gasteiger partial charge in [0.05, 0.1) is 0 Å². The van der Waals surface area contributed by atoms with Gasteiger partial charge in [0.15, 0.2) is 0 Å². The maximum absolute atomic E-state index is 3.54.